The number of hydrogen-bond donors (Lipinski definition) is 1. The Bertz CT molecular complexity index is 839. The van der Waals surface area contributed by atoms with E-state index in [0.717, 1.165) is 16.9 Å². The standard InChI is InChI=1S/C15H14N4O2/c1-8-6-14(21-19-8)18-15(20)11-4-5-12-13(7-11)17-10(3)9(2)16-12/h4-7H,1-3H3,(H,18,20). The largest absolute Gasteiger partial charge is 0.338 e. The van der Waals surface area contributed by atoms with Crippen molar-refractivity contribution < 1.29 is 9.32 Å². The number of aryl methyl sites for hydroxylation is 3. The number of aromatic nitrogens is 3. The summed E-state index contributed by atoms with van der Waals surface area (Å²) in [5.41, 5.74) is 4.40. The van der Waals surface area contributed by atoms with E-state index in [0.29, 0.717) is 22.7 Å². The molecule has 3 aromatic rings. The van der Waals surface area contributed by atoms with E-state index in [4.69, 9.17) is 4.52 Å². The lowest BCUT2D eigenvalue weighted by Crippen LogP contribution is -2.11. The lowest BCUT2D eigenvalue weighted by atomic mass is 10.1. The van der Waals surface area contributed by atoms with Gasteiger partial charge in [-0.05, 0) is 39.0 Å². The van der Waals surface area contributed by atoms with E-state index < -0.39 is 0 Å². The number of nitrogens with zero attached hydrogens (tertiary/aromatic N) is 3. The van der Waals surface area contributed by atoms with Gasteiger partial charge in [0.05, 0.1) is 28.1 Å². The number of anilines is 1. The molecule has 0 atom stereocenters. The molecule has 1 aromatic carbocycles. The number of carbonyl (C=O) groups excluding carboxylic acids is 1. The second-order valence-electron chi connectivity index (χ2n) is 4.88. The fraction of sp³-hybridized carbons (Fsp3) is 0.200. The zero-order valence-electron chi connectivity index (χ0n) is 12.0. The third-order valence-electron chi connectivity index (χ3n) is 3.20. The maximum absolute atomic E-state index is 12.2. The van der Waals surface area contributed by atoms with Crippen LogP contribution in [0.3, 0.4) is 0 Å². The first-order chi connectivity index (χ1) is 10.0. The molecule has 0 radical (unpaired) electrons. The van der Waals surface area contributed by atoms with Gasteiger partial charge in [-0.2, -0.15) is 0 Å². The highest BCUT2D eigenvalue weighted by Crippen LogP contribution is 2.16. The highest BCUT2D eigenvalue weighted by Gasteiger charge is 2.11. The van der Waals surface area contributed by atoms with Gasteiger partial charge in [0, 0.05) is 11.6 Å². The van der Waals surface area contributed by atoms with Crippen molar-refractivity contribution in [2.75, 3.05) is 5.32 Å². The minimum absolute atomic E-state index is 0.270. The van der Waals surface area contributed by atoms with Crippen LogP contribution in [0.1, 0.15) is 27.4 Å². The van der Waals surface area contributed by atoms with Crippen LogP contribution in [0.4, 0.5) is 5.88 Å². The molecule has 1 N–H and O–H groups in total. The van der Waals surface area contributed by atoms with Crippen molar-refractivity contribution in [2.45, 2.75) is 20.8 Å². The molecule has 106 valence electrons. The Balaban J connectivity index is 1.93. The summed E-state index contributed by atoms with van der Waals surface area (Å²) in [5.74, 6) is 0.0526. The van der Waals surface area contributed by atoms with Crippen molar-refractivity contribution >= 4 is 22.8 Å². The van der Waals surface area contributed by atoms with Gasteiger partial charge < -0.3 is 4.52 Å². The van der Waals surface area contributed by atoms with Crippen LogP contribution in [0.15, 0.2) is 28.8 Å². The molecule has 0 spiro atoms. The maximum Gasteiger partial charge on any atom is 0.258 e. The first-order valence-corrected chi connectivity index (χ1v) is 6.52. The molecule has 3 rings (SSSR count). The molecule has 2 aromatic heterocycles. The number of fused-ring (bicyclic) bond motifs is 1. The van der Waals surface area contributed by atoms with Crippen LogP contribution in [0, 0.1) is 20.8 Å². The van der Waals surface area contributed by atoms with Gasteiger partial charge in [-0.25, -0.2) is 9.97 Å². The lowest BCUT2D eigenvalue weighted by molar-refractivity contribution is 0.102. The van der Waals surface area contributed by atoms with Crippen LogP contribution in [0.2, 0.25) is 0 Å². The predicted octanol–water partition coefficient (Wildman–Crippen LogP) is 2.80. The molecular weight excluding hydrogens is 268 g/mol. The highest BCUT2D eigenvalue weighted by molar-refractivity contribution is 6.05. The Kier molecular flexibility index (Phi) is 3.13. The second-order valence-corrected chi connectivity index (χ2v) is 4.88. The Morgan fingerprint density at radius 1 is 1.05 bits per heavy atom. The topological polar surface area (TPSA) is 80.9 Å². The quantitative estimate of drug-likeness (QED) is 0.781. The Labute approximate surface area is 121 Å². The maximum atomic E-state index is 12.2. The van der Waals surface area contributed by atoms with E-state index in [9.17, 15) is 4.79 Å². The van der Waals surface area contributed by atoms with Crippen LogP contribution in [-0.4, -0.2) is 21.0 Å². The molecule has 6 nitrogen and oxygen atoms in total. The number of hydrogen-bond acceptors (Lipinski definition) is 5. The fourth-order valence-electron chi connectivity index (χ4n) is 1.98. The molecule has 0 aliphatic heterocycles. The Morgan fingerprint density at radius 2 is 1.76 bits per heavy atom. The molecule has 0 aliphatic carbocycles. The molecule has 0 bridgehead atoms. The molecule has 21 heavy (non-hydrogen) atoms. The predicted molar refractivity (Wildman–Crippen MR) is 78.2 cm³/mol. The van der Waals surface area contributed by atoms with Crippen molar-refractivity contribution in [2.24, 2.45) is 0 Å². The number of carbonyl (C=O) groups is 1. The zero-order chi connectivity index (χ0) is 15.0. The van der Waals surface area contributed by atoms with Crippen molar-refractivity contribution in [1.82, 2.24) is 15.1 Å². The van der Waals surface area contributed by atoms with Gasteiger partial charge in [-0.1, -0.05) is 5.16 Å². The summed E-state index contributed by atoms with van der Waals surface area (Å²) >= 11 is 0. The molecular formula is C15H14N4O2. The third-order valence-corrected chi connectivity index (χ3v) is 3.20. The highest BCUT2D eigenvalue weighted by atomic mass is 16.5. The van der Waals surface area contributed by atoms with E-state index in [2.05, 4.69) is 20.4 Å². The van der Waals surface area contributed by atoms with Gasteiger partial charge in [-0.3, -0.25) is 10.1 Å². The third kappa shape index (κ3) is 2.60. The van der Waals surface area contributed by atoms with Gasteiger partial charge in [0.25, 0.3) is 5.91 Å². The fourth-order valence-corrected chi connectivity index (χ4v) is 1.98. The van der Waals surface area contributed by atoms with Gasteiger partial charge in [0.1, 0.15) is 0 Å². The molecule has 6 heteroatoms. The number of benzene rings is 1. The average molecular weight is 282 g/mol. The molecule has 0 aliphatic rings. The van der Waals surface area contributed by atoms with Crippen molar-refractivity contribution in [3.63, 3.8) is 0 Å². The van der Waals surface area contributed by atoms with Crippen LogP contribution >= 0.6 is 0 Å². The SMILES string of the molecule is Cc1cc(NC(=O)c2ccc3nc(C)c(C)nc3c2)on1. The summed E-state index contributed by atoms with van der Waals surface area (Å²) in [4.78, 5) is 21.1. The lowest BCUT2D eigenvalue weighted by Gasteiger charge is -2.05. The van der Waals surface area contributed by atoms with Crippen LogP contribution in [-0.2, 0) is 0 Å². The zero-order valence-corrected chi connectivity index (χ0v) is 12.0. The number of amides is 1. The van der Waals surface area contributed by atoms with Crippen LogP contribution < -0.4 is 5.32 Å². The van der Waals surface area contributed by atoms with E-state index in [1.165, 1.54) is 0 Å². The summed E-state index contributed by atoms with van der Waals surface area (Å²) < 4.78 is 4.97. The summed E-state index contributed by atoms with van der Waals surface area (Å²) in [5, 5.41) is 6.38. The van der Waals surface area contributed by atoms with Gasteiger partial charge in [0.2, 0.25) is 5.88 Å². The minimum atomic E-state index is -0.270. The van der Waals surface area contributed by atoms with Gasteiger partial charge in [0.15, 0.2) is 0 Å². The molecule has 1 amide bonds. The summed E-state index contributed by atoms with van der Waals surface area (Å²) in [6, 6.07) is 6.87. The monoisotopic (exact) mass is 282 g/mol. The Hall–Kier alpha value is -2.76. The summed E-state index contributed by atoms with van der Waals surface area (Å²) in [7, 11) is 0. The van der Waals surface area contributed by atoms with E-state index in [1.54, 1.807) is 31.2 Å². The van der Waals surface area contributed by atoms with Crippen LogP contribution in [0.25, 0.3) is 11.0 Å². The number of rotatable bonds is 2. The molecule has 0 saturated carbocycles. The number of nitrogens with one attached hydrogen (secondary N) is 1. The van der Waals surface area contributed by atoms with Crippen molar-refractivity contribution in [1.29, 1.82) is 0 Å². The molecule has 2 heterocycles. The van der Waals surface area contributed by atoms with E-state index in [-0.39, 0.29) is 5.91 Å². The Morgan fingerprint density at radius 3 is 2.43 bits per heavy atom. The molecule has 0 saturated heterocycles. The van der Waals surface area contributed by atoms with E-state index >= 15 is 0 Å². The average Bonchev–Trinajstić information content (AvgIpc) is 2.85. The van der Waals surface area contributed by atoms with E-state index in [1.807, 2.05) is 13.8 Å². The summed E-state index contributed by atoms with van der Waals surface area (Å²) in [6.07, 6.45) is 0. The van der Waals surface area contributed by atoms with Crippen LogP contribution in [0.5, 0.6) is 0 Å². The molecule has 0 unspecified atom stereocenters. The summed E-state index contributed by atoms with van der Waals surface area (Å²) in [6.45, 7) is 5.59. The first kappa shape index (κ1) is 13.2. The second kappa shape index (κ2) is 4.97. The van der Waals surface area contributed by atoms with Gasteiger partial charge in [-0.15, -0.1) is 0 Å². The van der Waals surface area contributed by atoms with Gasteiger partial charge >= 0.3 is 0 Å². The smallest absolute Gasteiger partial charge is 0.258 e. The first-order valence-electron chi connectivity index (χ1n) is 6.52. The van der Waals surface area contributed by atoms with Crippen molar-refractivity contribution in [3.05, 3.63) is 46.9 Å². The molecule has 0 fully saturated rings. The van der Waals surface area contributed by atoms with Crippen molar-refractivity contribution in [3.8, 4) is 0 Å². The normalized spacial score (nSPS) is 10.8. The minimum Gasteiger partial charge on any atom is -0.338 e.